The average molecular weight is 356 g/mol. The summed E-state index contributed by atoms with van der Waals surface area (Å²) in [6.45, 7) is 9.15. The van der Waals surface area contributed by atoms with Gasteiger partial charge in [0, 0.05) is 17.2 Å². The molecule has 0 atom stereocenters. The van der Waals surface area contributed by atoms with Crippen LogP contribution in [0.5, 0.6) is 0 Å². The van der Waals surface area contributed by atoms with E-state index in [-0.39, 0.29) is 0 Å². The summed E-state index contributed by atoms with van der Waals surface area (Å²) in [6, 6.07) is 17.5. The predicted octanol–water partition coefficient (Wildman–Crippen LogP) is 3.47. The first-order valence-corrected chi connectivity index (χ1v) is 12.0. The number of benzene rings is 2. The first-order valence-electron chi connectivity index (χ1n) is 9.01. The zero-order valence-electron chi connectivity index (χ0n) is 16.0. The van der Waals surface area contributed by atoms with Crippen LogP contribution in [-0.4, -0.2) is 8.07 Å². The number of aromatic nitrogens is 1. The van der Waals surface area contributed by atoms with Gasteiger partial charge in [0.25, 0.3) is 0 Å². The van der Waals surface area contributed by atoms with Gasteiger partial charge in [0.2, 0.25) is 5.69 Å². The van der Waals surface area contributed by atoms with Crippen LogP contribution >= 0.6 is 0 Å². The topological polar surface area (TPSA) is 27.7 Å². The highest BCUT2D eigenvalue weighted by Crippen LogP contribution is 2.35. The third-order valence-electron chi connectivity index (χ3n) is 5.70. The molecule has 1 aliphatic rings. The highest BCUT2D eigenvalue weighted by Gasteiger charge is 2.42. The summed E-state index contributed by atoms with van der Waals surface area (Å²) >= 11 is 0. The van der Waals surface area contributed by atoms with E-state index in [0.717, 1.165) is 11.1 Å². The Bertz CT molecular complexity index is 1100. The molecule has 2 heterocycles. The first-order chi connectivity index (χ1) is 12.4. The molecule has 4 rings (SSSR count). The normalized spacial score (nSPS) is 13.8. The van der Waals surface area contributed by atoms with Crippen molar-refractivity contribution < 1.29 is 4.57 Å². The molecule has 0 bridgehead atoms. The minimum Gasteiger partial charge on any atom is -0.201 e. The third-order valence-corrected chi connectivity index (χ3v) is 9.24. The Morgan fingerprint density at radius 2 is 1.73 bits per heavy atom. The molecule has 0 unspecified atom stereocenters. The molecule has 0 saturated heterocycles. The second-order valence-electron chi connectivity index (χ2n) is 7.85. The zero-order chi connectivity index (χ0) is 18.6. The maximum absolute atomic E-state index is 9.67. The average Bonchev–Trinajstić information content (AvgIpc) is 2.84. The van der Waals surface area contributed by atoms with E-state index >= 15 is 0 Å². The molecule has 26 heavy (non-hydrogen) atoms. The molecule has 1 aromatic heterocycles. The maximum Gasteiger partial charge on any atom is 0.212 e. The summed E-state index contributed by atoms with van der Waals surface area (Å²) < 4.78 is 2.23. The van der Waals surface area contributed by atoms with Crippen molar-refractivity contribution in [1.82, 2.24) is 0 Å². The maximum atomic E-state index is 9.67. The Kier molecular flexibility index (Phi) is 3.64. The molecule has 2 nitrogen and oxygen atoms in total. The molecular weight excluding hydrogens is 332 g/mol. The zero-order valence-corrected chi connectivity index (χ0v) is 17.0. The molecule has 0 amide bonds. The van der Waals surface area contributed by atoms with E-state index in [0.29, 0.717) is 0 Å². The van der Waals surface area contributed by atoms with Crippen LogP contribution < -0.4 is 14.9 Å². The first kappa shape index (κ1) is 16.7. The SMILES string of the molecule is Cc1ccc(-c2c(C)ccc3c2[Si](C)(C)c2cccc(C#N)c2-3)[n+](C)c1. The standard InChI is InChI=1S/C23H23N2Si/c1-15-9-12-19(25(3)14-15)21-16(2)10-11-18-22-17(13-24)7-6-8-20(22)26(4,5)23(18)21/h6-12,14H,1-5H3/q+1. The van der Waals surface area contributed by atoms with E-state index in [4.69, 9.17) is 0 Å². The lowest BCUT2D eigenvalue weighted by Gasteiger charge is -2.22. The van der Waals surface area contributed by atoms with E-state index in [2.05, 4.69) is 81.2 Å². The Morgan fingerprint density at radius 3 is 2.42 bits per heavy atom. The number of hydrogen-bond acceptors (Lipinski definition) is 1. The smallest absolute Gasteiger partial charge is 0.201 e. The van der Waals surface area contributed by atoms with Gasteiger partial charge in [-0.15, -0.1) is 0 Å². The molecule has 3 heteroatoms. The molecule has 0 saturated carbocycles. The minimum atomic E-state index is -1.89. The molecule has 1 aliphatic heterocycles. The molecular formula is C23H23N2Si+. The molecule has 0 spiro atoms. The second kappa shape index (κ2) is 5.65. The van der Waals surface area contributed by atoms with Crippen molar-refractivity contribution in [1.29, 1.82) is 5.26 Å². The van der Waals surface area contributed by atoms with Gasteiger partial charge in [-0.1, -0.05) is 37.4 Å². The lowest BCUT2D eigenvalue weighted by atomic mass is 9.95. The summed E-state index contributed by atoms with van der Waals surface area (Å²) in [4.78, 5) is 0. The van der Waals surface area contributed by atoms with Crippen molar-refractivity contribution >= 4 is 18.4 Å². The van der Waals surface area contributed by atoms with E-state index in [1.54, 1.807) is 0 Å². The largest absolute Gasteiger partial charge is 0.212 e. The van der Waals surface area contributed by atoms with Crippen LogP contribution in [-0.2, 0) is 7.05 Å². The van der Waals surface area contributed by atoms with E-state index in [1.807, 2.05) is 12.1 Å². The van der Waals surface area contributed by atoms with Crippen molar-refractivity contribution in [3.05, 3.63) is 65.4 Å². The van der Waals surface area contributed by atoms with Gasteiger partial charge in [-0.2, -0.15) is 5.26 Å². The number of nitriles is 1. The lowest BCUT2D eigenvalue weighted by Crippen LogP contribution is -2.51. The number of hydrogen-bond donors (Lipinski definition) is 0. The lowest BCUT2D eigenvalue weighted by molar-refractivity contribution is -0.660. The van der Waals surface area contributed by atoms with E-state index in [1.165, 1.54) is 38.3 Å². The van der Waals surface area contributed by atoms with Crippen molar-refractivity contribution in [2.75, 3.05) is 0 Å². The second-order valence-corrected chi connectivity index (χ2v) is 12.1. The highest BCUT2D eigenvalue weighted by molar-refractivity contribution is 7.04. The Morgan fingerprint density at radius 1 is 0.962 bits per heavy atom. The van der Waals surface area contributed by atoms with E-state index in [9.17, 15) is 5.26 Å². The van der Waals surface area contributed by atoms with Gasteiger partial charge in [-0.25, -0.2) is 4.57 Å². The van der Waals surface area contributed by atoms with Gasteiger partial charge >= 0.3 is 0 Å². The molecule has 0 radical (unpaired) electrons. The summed E-state index contributed by atoms with van der Waals surface area (Å²) in [7, 11) is 0.235. The van der Waals surface area contributed by atoms with Gasteiger partial charge < -0.3 is 0 Å². The van der Waals surface area contributed by atoms with Crippen molar-refractivity contribution in [3.8, 4) is 28.5 Å². The molecule has 0 aliphatic carbocycles. The van der Waals surface area contributed by atoms with Crippen LogP contribution in [0.3, 0.4) is 0 Å². The number of fused-ring (bicyclic) bond motifs is 3. The van der Waals surface area contributed by atoms with Crippen LogP contribution in [0.1, 0.15) is 16.7 Å². The fourth-order valence-electron chi connectivity index (χ4n) is 4.49. The molecule has 2 aromatic carbocycles. The molecule has 3 aromatic rings. The van der Waals surface area contributed by atoms with Crippen LogP contribution in [0.4, 0.5) is 0 Å². The van der Waals surface area contributed by atoms with Crippen molar-refractivity contribution in [3.63, 3.8) is 0 Å². The quantitative estimate of drug-likeness (QED) is 0.485. The number of aryl methyl sites for hydroxylation is 3. The van der Waals surface area contributed by atoms with Crippen molar-refractivity contribution in [2.45, 2.75) is 26.9 Å². The highest BCUT2D eigenvalue weighted by atomic mass is 28.3. The van der Waals surface area contributed by atoms with Gasteiger partial charge in [0.1, 0.15) is 15.1 Å². The van der Waals surface area contributed by atoms with Crippen LogP contribution in [0, 0.1) is 25.2 Å². The number of nitrogens with zero attached hydrogens (tertiary/aromatic N) is 2. The van der Waals surface area contributed by atoms with Gasteiger partial charge in [0.05, 0.1) is 11.6 Å². The Hall–Kier alpha value is -2.70. The summed E-state index contributed by atoms with van der Waals surface area (Å²) in [6.07, 6.45) is 2.19. The molecule has 128 valence electrons. The fraction of sp³-hybridized carbons (Fsp3) is 0.217. The summed E-state index contributed by atoms with van der Waals surface area (Å²) in [5, 5.41) is 12.5. The number of rotatable bonds is 1. The van der Waals surface area contributed by atoms with Crippen molar-refractivity contribution in [2.24, 2.45) is 7.05 Å². The molecule has 0 N–H and O–H groups in total. The number of pyridine rings is 1. The monoisotopic (exact) mass is 355 g/mol. The van der Waals surface area contributed by atoms with E-state index < -0.39 is 8.07 Å². The third kappa shape index (κ3) is 2.19. The Labute approximate surface area is 156 Å². The molecule has 0 fully saturated rings. The minimum absolute atomic E-state index is 0.796. The predicted molar refractivity (Wildman–Crippen MR) is 109 cm³/mol. The summed E-state index contributed by atoms with van der Waals surface area (Å²) in [5.41, 5.74) is 8.37. The van der Waals surface area contributed by atoms with Gasteiger partial charge in [-0.05, 0) is 53.0 Å². The summed E-state index contributed by atoms with van der Waals surface area (Å²) in [5.74, 6) is 0. The van der Waals surface area contributed by atoms with Crippen LogP contribution in [0.25, 0.3) is 22.4 Å². The van der Waals surface area contributed by atoms with Gasteiger partial charge in [-0.3, -0.25) is 0 Å². The fourth-order valence-corrected chi connectivity index (χ4v) is 8.00. The van der Waals surface area contributed by atoms with Crippen LogP contribution in [0.2, 0.25) is 13.1 Å². The van der Waals surface area contributed by atoms with Gasteiger partial charge in [0.15, 0.2) is 6.20 Å². The Balaban J connectivity index is 2.13. The van der Waals surface area contributed by atoms with Crippen LogP contribution in [0.15, 0.2) is 48.7 Å².